The third-order valence-corrected chi connectivity index (χ3v) is 4.25. The van der Waals surface area contributed by atoms with Crippen molar-refractivity contribution in [2.24, 2.45) is 0 Å². The normalized spacial score (nSPS) is 10.3. The van der Waals surface area contributed by atoms with Gasteiger partial charge < -0.3 is 10.1 Å². The first-order valence-corrected chi connectivity index (χ1v) is 8.51. The van der Waals surface area contributed by atoms with Crippen LogP contribution < -0.4 is 5.32 Å². The van der Waals surface area contributed by atoms with Gasteiger partial charge in [0.1, 0.15) is 11.6 Å². The first kappa shape index (κ1) is 18.4. The average Bonchev–Trinajstić information content (AvgIpc) is 2.56. The zero-order valence-electron chi connectivity index (χ0n) is 12.2. The van der Waals surface area contributed by atoms with Crippen LogP contribution in [-0.2, 0) is 14.3 Å². The van der Waals surface area contributed by atoms with Gasteiger partial charge in [0.05, 0.1) is 11.4 Å². The fraction of sp³-hybridized carbons (Fsp3) is 0.125. The largest absolute Gasteiger partial charge is 0.455 e. The molecule has 0 spiro atoms. The average molecular weight is 416 g/mol. The van der Waals surface area contributed by atoms with Gasteiger partial charge in [-0.3, -0.25) is 9.59 Å². The summed E-state index contributed by atoms with van der Waals surface area (Å²) in [4.78, 5) is 24.1. The molecule has 0 saturated carbocycles. The predicted molar refractivity (Wildman–Crippen MR) is 90.8 cm³/mol. The van der Waals surface area contributed by atoms with E-state index in [1.54, 1.807) is 0 Å². The molecule has 2 aromatic carbocycles. The number of halogens is 3. The number of nitrogens with one attached hydrogen (secondary N) is 1. The summed E-state index contributed by atoms with van der Waals surface area (Å²) in [6, 6.07) is 10.0. The number of carbonyl (C=O) groups is 2. The molecule has 0 heterocycles. The maximum absolute atomic E-state index is 13.4. The highest BCUT2D eigenvalue weighted by atomic mass is 79.9. The van der Waals surface area contributed by atoms with Crippen molar-refractivity contribution in [3.8, 4) is 0 Å². The van der Waals surface area contributed by atoms with Crippen LogP contribution in [0.1, 0.15) is 0 Å². The molecule has 126 valence electrons. The van der Waals surface area contributed by atoms with E-state index in [9.17, 15) is 18.4 Å². The number of anilines is 1. The number of hydrogen-bond donors (Lipinski definition) is 1. The summed E-state index contributed by atoms with van der Waals surface area (Å²) in [5.74, 6) is -2.76. The van der Waals surface area contributed by atoms with Crippen molar-refractivity contribution >= 4 is 45.3 Å². The Hall–Kier alpha value is -1.93. The zero-order valence-corrected chi connectivity index (χ0v) is 14.6. The Morgan fingerprint density at radius 1 is 1.12 bits per heavy atom. The lowest BCUT2D eigenvalue weighted by Gasteiger charge is -2.07. The van der Waals surface area contributed by atoms with Gasteiger partial charge in [0.15, 0.2) is 6.61 Å². The summed E-state index contributed by atoms with van der Waals surface area (Å²) in [6.45, 7) is -0.574. The van der Waals surface area contributed by atoms with Gasteiger partial charge in [-0.25, -0.2) is 8.78 Å². The first-order valence-electron chi connectivity index (χ1n) is 6.73. The van der Waals surface area contributed by atoms with Crippen molar-refractivity contribution in [2.75, 3.05) is 17.7 Å². The standard InChI is InChI=1S/C16H12BrF2NO3S/c17-10-1-4-12(5-2-10)24-9-16(22)23-8-15(21)20-14-7-11(18)3-6-13(14)19/h1-7H,8-9H2,(H,20,21). The quantitative estimate of drug-likeness (QED) is 0.572. The van der Waals surface area contributed by atoms with Crippen LogP contribution in [0, 0.1) is 11.6 Å². The van der Waals surface area contributed by atoms with E-state index < -0.39 is 30.1 Å². The van der Waals surface area contributed by atoms with Gasteiger partial charge in [-0.2, -0.15) is 0 Å². The summed E-state index contributed by atoms with van der Waals surface area (Å²) in [5, 5.41) is 2.14. The lowest BCUT2D eigenvalue weighted by molar-refractivity contribution is -0.144. The summed E-state index contributed by atoms with van der Waals surface area (Å²) in [7, 11) is 0. The van der Waals surface area contributed by atoms with Crippen LogP contribution in [0.3, 0.4) is 0 Å². The number of esters is 1. The third-order valence-electron chi connectivity index (χ3n) is 2.74. The maximum Gasteiger partial charge on any atom is 0.316 e. The van der Waals surface area contributed by atoms with Gasteiger partial charge in [0.2, 0.25) is 0 Å². The fourth-order valence-corrected chi connectivity index (χ4v) is 2.60. The number of ether oxygens (including phenoxy) is 1. The predicted octanol–water partition coefficient (Wildman–Crippen LogP) is 4.00. The van der Waals surface area contributed by atoms with E-state index in [1.807, 2.05) is 24.3 Å². The van der Waals surface area contributed by atoms with E-state index in [4.69, 9.17) is 4.74 Å². The molecule has 0 fully saturated rings. The first-order chi connectivity index (χ1) is 11.4. The molecule has 0 unspecified atom stereocenters. The number of hydrogen-bond acceptors (Lipinski definition) is 4. The molecule has 0 aromatic heterocycles. The van der Waals surface area contributed by atoms with E-state index in [0.717, 1.165) is 27.6 Å². The molecule has 2 aromatic rings. The summed E-state index contributed by atoms with van der Waals surface area (Å²) < 4.78 is 32.1. The van der Waals surface area contributed by atoms with Gasteiger partial charge in [0.25, 0.3) is 5.91 Å². The number of carbonyl (C=O) groups excluding carboxylic acids is 2. The molecule has 24 heavy (non-hydrogen) atoms. The van der Waals surface area contributed by atoms with Gasteiger partial charge >= 0.3 is 5.97 Å². The highest BCUT2D eigenvalue weighted by Gasteiger charge is 2.11. The van der Waals surface area contributed by atoms with Crippen LogP contribution in [0.2, 0.25) is 0 Å². The van der Waals surface area contributed by atoms with Crippen molar-refractivity contribution in [2.45, 2.75) is 4.90 Å². The third kappa shape index (κ3) is 5.93. The Morgan fingerprint density at radius 2 is 1.83 bits per heavy atom. The van der Waals surface area contributed by atoms with Crippen LogP contribution in [0.5, 0.6) is 0 Å². The Morgan fingerprint density at radius 3 is 2.54 bits per heavy atom. The minimum absolute atomic E-state index is 0.0310. The molecule has 8 heteroatoms. The lowest BCUT2D eigenvalue weighted by Crippen LogP contribution is -2.22. The molecule has 0 atom stereocenters. The van der Waals surface area contributed by atoms with Crippen LogP contribution in [0.4, 0.5) is 14.5 Å². The van der Waals surface area contributed by atoms with Crippen molar-refractivity contribution in [1.29, 1.82) is 0 Å². The summed E-state index contributed by atoms with van der Waals surface area (Å²) in [5.41, 5.74) is -0.305. The Bertz CT molecular complexity index is 741. The SMILES string of the molecule is O=C(COC(=O)CSc1ccc(Br)cc1)Nc1cc(F)ccc1F. The van der Waals surface area contributed by atoms with E-state index in [2.05, 4.69) is 21.2 Å². The second-order valence-corrected chi connectivity index (χ2v) is 6.54. The van der Waals surface area contributed by atoms with Crippen LogP contribution in [0.15, 0.2) is 51.8 Å². The van der Waals surface area contributed by atoms with Gasteiger partial charge in [0, 0.05) is 15.4 Å². The topological polar surface area (TPSA) is 55.4 Å². The van der Waals surface area contributed by atoms with E-state index in [1.165, 1.54) is 11.8 Å². The van der Waals surface area contributed by atoms with Gasteiger partial charge in [-0.05, 0) is 36.4 Å². The van der Waals surface area contributed by atoms with Crippen molar-refractivity contribution in [3.05, 3.63) is 58.6 Å². The monoisotopic (exact) mass is 415 g/mol. The molecule has 0 radical (unpaired) electrons. The molecule has 2 rings (SSSR count). The molecule has 1 amide bonds. The van der Waals surface area contributed by atoms with Crippen LogP contribution in [-0.4, -0.2) is 24.2 Å². The molecule has 0 saturated heterocycles. The summed E-state index contributed by atoms with van der Waals surface area (Å²) in [6.07, 6.45) is 0. The molecular weight excluding hydrogens is 404 g/mol. The second kappa shape index (κ2) is 8.79. The highest BCUT2D eigenvalue weighted by molar-refractivity contribution is 9.10. The number of rotatable bonds is 6. The number of thioether (sulfide) groups is 1. The van der Waals surface area contributed by atoms with Crippen molar-refractivity contribution < 1.29 is 23.1 Å². The molecular formula is C16H12BrF2NO3S. The Balaban J connectivity index is 1.75. The minimum Gasteiger partial charge on any atom is -0.455 e. The molecule has 0 bridgehead atoms. The minimum atomic E-state index is -0.776. The molecule has 0 aliphatic heterocycles. The number of benzene rings is 2. The van der Waals surface area contributed by atoms with Crippen LogP contribution in [0.25, 0.3) is 0 Å². The van der Waals surface area contributed by atoms with Crippen LogP contribution >= 0.6 is 27.7 Å². The molecule has 0 aliphatic carbocycles. The van der Waals surface area contributed by atoms with E-state index in [-0.39, 0.29) is 11.4 Å². The Labute approximate surface area is 149 Å². The Kier molecular flexibility index (Phi) is 6.74. The molecule has 1 N–H and O–H groups in total. The lowest BCUT2D eigenvalue weighted by atomic mass is 10.3. The second-order valence-electron chi connectivity index (χ2n) is 4.58. The molecule has 0 aliphatic rings. The van der Waals surface area contributed by atoms with Crippen molar-refractivity contribution in [3.63, 3.8) is 0 Å². The maximum atomic E-state index is 13.4. The highest BCUT2D eigenvalue weighted by Crippen LogP contribution is 2.20. The van der Waals surface area contributed by atoms with E-state index >= 15 is 0 Å². The smallest absolute Gasteiger partial charge is 0.316 e. The number of amides is 1. The van der Waals surface area contributed by atoms with Gasteiger partial charge in [-0.1, -0.05) is 15.9 Å². The summed E-state index contributed by atoms with van der Waals surface area (Å²) >= 11 is 4.57. The van der Waals surface area contributed by atoms with E-state index in [0.29, 0.717) is 0 Å². The van der Waals surface area contributed by atoms with Crippen molar-refractivity contribution in [1.82, 2.24) is 0 Å². The fourth-order valence-electron chi connectivity index (χ4n) is 1.64. The van der Waals surface area contributed by atoms with Gasteiger partial charge in [-0.15, -0.1) is 11.8 Å². The zero-order chi connectivity index (χ0) is 17.5. The molecule has 4 nitrogen and oxygen atoms in total.